The molecule has 3 aliphatic rings. The molecule has 1 aromatic heterocycles. The first-order valence-electron chi connectivity index (χ1n) is 13.1. The molecule has 1 aliphatic heterocycles. The van der Waals surface area contributed by atoms with Crippen molar-refractivity contribution >= 4 is 28.2 Å². The van der Waals surface area contributed by atoms with Crippen molar-refractivity contribution in [1.29, 1.82) is 0 Å². The topological polar surface area (TPSA) is 31.4 Å². The molecule has 2 heterocycles. The average Bonchev–Trinajstić information content (AvgIpc) is 3.01. The van der Waals surface area contributed by atoms with Gasteiger partial charge in [0.25, 0.3) is 0 Å². The van der Waals surface area contributed by atoms with Crippen molar-refractivity contribution in [3.8, 4) is 0 Å². The van der Waals surface area contributed by atoms with E-state index < -0.39 is 0 Å². The van der Waals surface area contributed by atoms with Gasteiger partial charge in [0.15, 0.2) is 0 Å². The molecule has 0 radical (unpaired) electrons. The largest absolute Gasteiger partial charge is 0.383 e. The number of nitrogens with one attached hydrogen (secondary N) is 1. The highest BCUT2D eigenvalue weighted by Gasteiger charge is 2.44. The lowest BCUT2D eigenvalue weighted by atomic mass is 9.78. The van der Waals surface area contributed by atoms with Crippen molar-refractivity contribution in [2.45, 2.75) is 44.1 Å². The van der Waals surface area contributed by atoms with Gasteiger partial charge < -0.3 is 10.2 Å². The first kappa shape index (κ1) is 22.3. The summed E-state index contributed by atoms with van der Waals surface area (Å²) < 4.78 is 0. The molecule has 0 spiro atoms. The molecule has 0 bridgehead atoms. The van der Waals surface area contributed by atoms with Crippen LogP contribution in [0.25, 0.3) is 10.9 Å². The molecule has 2 aliphatic carbocycles. The third kappa shape index (κ3) is 4.32. The van der Waals surface area contributed by atoms with Gasteiger partial charge in [-0.05, 0) is 73.0 Å². The number of rotatable bonds is 5. The number of hydrogen-bond donors (Lipinski definition) is 1. The van der Waals surface area contributed by atoms with Crippen LogP contribution in [-0.2, 0) is 0 Å². The van der Waals surface area contributed by atoms with E-state index in [4.69, 9.17) is 11.6 Å². The van der Waals surface area contributed by atoms with Gasteiger partial charge >= 0.3 is 0 Å². The van der Waals surface area contributed by atoms with Crippen LogP contribution < -0.4 is 5.32 Å². The Morgan fingerprint density at radius 3 is 2.74 bits per heavy atom. The van der Waals surface area contributed by atoms with Gasteiger partial charge in [-0.3, -0.25) is 9.88 Å². The molecular formula is C29H35ClN4. The maximum absolute atomic E-state index is 6.15. The van der Waals surface area contributed by atoms with E-state index in [0.717, 1.165) is 53.1 Å². The summed E-state index contributed by atoms with van der Waals surface area (Å²) in [4.78, 5) is 9.94. The van der Waals surface area contributed by atoms with Gasteiger partial charge in [0.05, 0.1) is 5.52 Å². The molecular weight excluding hydrogens is 440 g/mol. The number of nitrogens with zero attached hydrogens (tertiary/aromatic N) is 3. The van der Waals surface area contributed by atoms with Crippen LogP contribution in [0.3, 0.4) is 0 Å². The van der Waals surface area contributed by atoms with Crippen molar-refractivity contribution < 1.29 is 0 Å². The van der Waals surface area contributed by atoms with E-state index in [1.54, 1.807) is 11.1 Å². The van der Waals surface area contributed by atoms with E-state index >= 15 is 0 Å². The molecule has 3 atom stereocenters. The van der Waals surface area contributed by atoms with E-state index in [9.17, 15) is 0 Å². The van der Waals surface area contributed by atoms with Crippen LogP contribution in [0.4, 0.5) is 5.69 Å². The molecule has 6 rings (SSSR count). The second-order valence-corrected chi connectivity index (χ2v) is 10.7. The molecule has 1 saturated carbocycles. The van der Waals surface area contributed by atoms with Gasteiger partial charge in [-0.25, -0.2) is 0 Å². The Labute approximate surface area is 208 Å². The zero-order chi connectivity index (χ0) is 22.9. The summed E-state index contributed by atoms with van der Waals surface area (Å²) in [6, 6.07) is 18.0. The maximum atomic E-state index is 6.15. The van der Waals surface area contributed by atoms with Crippen LogP contribution in [0, 0.1) is 5.92 Å². The summed E-state index contributed by atoms with van der Waals surface area (Å²) in [5, 5.41) is 5.52. The number of pyridine rings is 1. The first-order valence-corrected chi connectivity index (χ1v) is 13.5. The van der Waals surface area contributed by atoms with Crippen molar-refractivity contribution in [3.63, 3.8) is 0 Å². The van der Waals surface area contributed by atoms with Crippen molar-refractivity contribution in [2.24, 2.45) is 5.92 Å². The van der Waals surface area contributed by atoms with Gasteiger partial charge in [-0.15, -0.1) is 0 Å². The summed E-state index contributed by atoms with van der Waals surface area (Å²) in [7, 11) is 0. The summed E-state index contributed by atoms with van der Waals surface area (Å²) in [6.45, 7) is 6.76. The average molecular weight is 475 g/mol. The monoisotopic (exact) mass is 474 g/mol. The SMILES string of the molecule is Clc1ccc2c(NCCN3CCCN(C4c5ccccc5C5CCCCC54)CC3)ccnc2c1. The smallest absolute Gasteiger partial charge is 0.0737 e. The number of anilines is 1. The van der Waals surface area contributed by atoms with Crippen LogP contribution in [0.15, 0.2) is 54.7 Å². The van der Waals surface area contributed by atoms with Gasteiger partial charge in [-0.2, -0.15) is 0 Å². The summed E-state index contributed by atoms with van der Waals surface area (Å²) in [6.07, 6.45) is 8.73. The number of fused-ring (bicyclic) bond motifs is 4. The van der Waals surface area contributed by atoms with Crippen LogP contribution >= 0.6 is 11.6 Å². The second kappa shape index (κ2) is 9.85. The van der Waals surface area contributed by atoms with Crippen molar-refractivity contribution in [2.75, 3.05) is 44.6 Å². The zero-order valence-electron chi connectivity index (χ0n) is 19.9. The predicted octanol–water partition coefficient (Wildman–Crippen LogP) is 6.34. The van der Waals surface area contributed by atoms with Crippen LogP contribution in [0.1, 0.15) is 55.2 Å². The molecule has 3 unspecified atom stereocenters. The van der Waals surface area contributed by atoms with Gasteiger partial charge in [0.1, 0.15) is 0 Å². The molecule has 3 aromatic rings. The molecule has 0 amide bonds. The van der Waals surface area contributed by atoms with E-state index in [0.29, 0.717) is 6.04 Å². The highest BCUT2D eigenvalue weighted by Crippen LogP contribution is 2.54. The second-order valence-electron chi connectivity index (χ2n) is 10.3. The van der Waals surface area contributed by atoms with Crippen molar-refractivity contribution in [1.82, 2.24) is 14.8 Å². The molecule has 1 N–H and O–H groups in total. The van der Waals surface area contributed by atoms with Gasteiger partial charge in [0, 0.05) is 61.1 Å². The van der Waals surface area contributed by atoms with Crippen LogP contribution in [0.2, 0.25) is 5.02 Å². The lowest BCUT2D eigenvalue weighted by Gasteiger charge is -2.36. The van der Waals surface area contributed by atoms with E-state index in [2.05, 4.69) is 56.5 Å². The number of benzene rings is 2. The standard InChI is InChI=1S/C29H35ClN4/c30-21-10-11-26-27(12-13-31-28(26)20-21)32-14-17-33-15-5-16-34(19-18-33)29-24-8-3-1-6-22(24)23-7-2-4-9-25(23)29/h1,3,6,8,10-13,20,23,25,29H,2,4-5,7,9,14-19H2,(H,31,32). The summed E-state index contributed by atoms with van der Waals surface area (Å²) in [5.41, 5.74) is 5.39. The van der Waals surface area contributed by atoms with Crippen molar-refractivity contribution in [3.05, 3.63) is 70.9 Å². The lowest BCUT2D eigenvalue weighted by Crippen LogP contribution is -2.37. The minimum atomic E-state index is 0.634. The fourth-order valence-corrected chi connectivity index (χ4v) is 7.02. The minimum Gasteiger partial charge on any atom is -0.383 e. The lowest BCUT2D eigenvalue weighted by molar-refractivity contribution is 0.124. The van der Waals surface area contributed by atoms with Gasteiger partial charge in [0.2, 0.25) is 0 Å². The Hall–Kier alpha value is -2.14. The quantitative estimate of drug-likeness (QED) is 0.467. The molecule has 2 fully saturated rings. The Kier molecular flexibility index (Phi) is 6.47. The maximum Gasteiger partial charge on any atom is 0.0737 e. The Balaban J connectivity index is 1.09. The van der Waals surface area contributed by atoms with Crippen LogP contribution in [-0.4, -0.2) is 54.1 Å². The Morgan fingerprint density at radius 2 is 1.79 bits per heavy atom. The number of hydrogen-bond acceptors (Lipinski definition) is 4. The molecule has 2 aromatic carbocycles. The predicted molar refractivity (Wildman–Crippen MR) is 142 cm³/mol. The summed E-state index contributed by atoms with van der Waals surface area (Å²) >= 11 is 6.15. The van der Waals surface area contributed by atoms with Crippen LogP contribution in [0.5, 0.6) is 0 Å². The zero-order valence-corrected chi connectivity index (χ0v) is 20.7. The molecule has 5 heteroatoms. The van der Waals surface area contributed by atoms with E-state index in [1.807, 2.05) is 18.3 Å². The normalized spacial score (nSPS) is 25.6. The molecule has 178 valence electrons. The minimum absolute atomic E-state index is 0.634. The van der Waals surface area contributed by atoms with E-state index in [1.165, 1.54) is 51.7 Å². The highest BCUT2D eigenvalue weighted by atomic mass is 35.5. The fourth-order valence-electron chi connectivity index (χ4n) is 6.86. The molecule has 1 saturated heterocycles. The fraction of sp³-hybridized carbons (Fsp3) is 0.483. The first-order chi connectivity index (χ1) is 16.8. The highest BCUT2D eigenvalue weighted by molar-refractivity contribution is 6.31. The Bertz CT molecular complexity index is 1150. The number of halogens is 1. The Morgan fingerprint density at radius 1 is 0.912 bits per heavy atom. The third-order valence-electron chi connectivity index (χ3n) is 8.40. The number of aromatic nitrogens is 1. The van der Waals surface area contributed by atoms with E-state index in [-0.39, 0.29) is 0 Å². The summed E-state index contributed by atoms with van der Waals surface area (Å²) in [5.74, 6) is 1.62. The molecule has 4 nitrogen and oxygen atoms in total. The third-order valence-corrected chi connectivity index (χ3v) is 8.64. The molecule has 34 heavy (non-hydrogen) atoms. The van der Waals surface area contributed by atoms with Gasteiger partial charge in [-0.1, -0.05) is 48.7 Å².